The number of carbonyl (C=O) groups excluding carboxylic acids is 1. The molecule has 19 heavy (non-hydrogen) atoms. The number of nitrogen functional groups attached to an aromatic ring is 1. The predicted octanol–water partition coefficient (Wildman–Crippen LogP) is 2.46. The Labute approximate surface area is 120 Å². The molecule has 0 fully saturated rings. The van der Waals surface area contributed by atoms with E-state index in [0.717, 1.165) is 17.2 Å². The number of nitrogens with two attached hydrogens (primary N) is 1. The minimum absolute atomic E-state index is 0. The van der Waals surface area contributed by atoms with Crippen LogP contribution >= 0.6 is 23.9 Å². The first-order valence-electron chi connectivity index (χ1n) is 5.32. The van der Waals surface area contributed by atoms with Gasteiger partial charge in [-0.15, -0.1) is 17.5 Å². The maximum absolute atomic E-state index is 11.6. The van der Waals surface area contributed by atoms with E-state index in [4.69, 9.17) is 10.5 Å². The van der Waals surface area contributed by atoms with Gasteiger partial charge in [-0.2, -0.15) is 0 Å². The molecule has 0 atom stereocenters. The predicted molar refractivity (Wildman–Crippen MR) is 77.3 cm³/mol. The lowest BCUT2D eigenvalue weighted by molar-refractivity contribution is 0.0520. The molecule has 0 unspecified atom stereocenters. The molecule has 2 rings (SSSR count). The highest BCUT2D eigenvalue weighted by Crippen LogP contribution is 2.24. The number of rotatable bonds is 4. The molecule has 0 aliphatic carbocycles. The van der Waals surface area contributed by atoms with Gasteiger partial charge < -0.3 is 15.8 Å². The average Bonchev–Trinajstić information content (AvgIpc) is 2.81. The van der Waals surface area contributed by atoms with E-state index in [1.807, 2.05) is 12.1 Å². The zero-order chi connectivity index (χ0) is 13.0. The summed E-state index contributed by atoms with van der Waals surface area (Å²) in [5.74, 6) is -0.482. The molecular formula is C11H13ClN4O2S. The Morgan fingerprint density at radius 1 is 1.42 bits per heavy atom. The highest BCUT2D eigenvalue weighted by Gasteiger charge is 2.17. The zero-order valence-electron chi connectivity index (χ0n) is 10.1. The fraction of sp³-hybridized carbons (Fsp3) is 0.182. The molecule has 0 bridgehead atoms. The van der Waals surface area contributed by atoms with Gasteiger partial charge >= 0.3 is 5.97 Å². The normalized spacial score (nSPS) is 9.53. The van der Waals surface area contributed by atoms with Gasteiger partial charge in [-0.25, -0.2) is 4.79 Å². The molecule has 0 aliphatic rings. The second-order valence-electron chi connectivity index (χ2n) is 3.42. The van der Waals surface area contributed by atoms with Crippen molar-refractivity contribution in [3.05, 3.63) is 30.0 Å². The summed E-state index contributed by atoms with van der Waals surface area (Å²) in [6, 6.07) is 7.15. The van der Waals surface area contributed by atoms with Crippen LogP contribution in [0.15, 0.2) is 24.3 Å². The fourth-order valence-corrected chi connectivity index (χ4v) is 1.88. The number of carbonyl (C=O) groups is 1. The van der Waals surface area contributed by atoms with E-state index in [1.54, 1.807) is 19.1 Å². The molecule has 1 heterocycles. The van der Waals surface area contributed by atoms with Gasteiger partial charge in [0.1, 0.15) is 5.00 Å². The first-order valence-corrected chi connectivity index (χ1v) is 6.10. The summed E-state index contributed by atoms with van der Waals surface area (Å²) in [5.41, 5.74) is 7.27. The van der Waals surface area contributed by atoms with Crippen LogP contribution in [0.3, 0.4) is 0 Å². The van der Waals surface area contributed by atoms with E-state index in [-0.39, 0.29) is 18.1 Å². The number of aromatic nitrogens is 2. The summed E-state index contributed by atoms with van der Waals surface area (Å²) in [4.78, 5) is 11.6. The van der Waals surface area contributed by atoms with Crippen molar-refractivity contribution in [3.63, 3.8) is 0 Å². The van der Waals surface area contributed by atoms with Crippen molar-refractivity contribution in [1.29, 1.82) is 0 Å². The number of hydrogen-bond acceptors (Lipinski definition) is 7. The van der Waals surface area contributed by atoms with Crippen LogP contribution in [0.5, 0.6) is 0 Å². The lowest BCUT2D eigenvalue weighted by Gasteiger charge is -2.05. The quantitative estimate of drug-likeness (QED) is 0.666. The van der Waals surface area contributed by atoms with E-state index >= 15 is 0 Å². The molecule has 0 saturated carbocycles. The van der Waals surface area contributed by atoms with E-state index < -0.39 is 5.97 Å². The topological polar surface area (TPSA) is 90.1 Å². The van der Waals surface area contributed by atoms with Gasteiger partial charge in [0, 0.05) is 22.9 Å². The molecule has 1 aromatic carbocycles. The highest BCUT2D eigenvalue weighted by molar-refractivity contribution is 7.10. The fourth-order valence-electron chi connectivity index (χ4n) is 1.30. The third kappa shape index (κ3) is 3.80. The van der Waals surface area contributed by atoms with Gasteiger partial charge in [-0.1, -0.05) is 4.49 Å². The Bertz CT molecular complexity index is 544. The Hall–Kier alpha value is -1.86. The van der Waals surface area contributed by atoms with Crippen molar-refractivity contribution in [2.45, 2.75) is 6.92 Å². The van der Waals surface area contributed by atoms with Crippen LogP contribution in [-0.4, -0.2) is 22.2 Å². The minimum Gasteiger partial charge on any atom is -0.461 e. The Balaban J connectivity index is 0.00000180. The standard InChI is InChI=1S/C11H12N4O2S.ClH/c1-2-17-11(16)9-10(18-15-14-9)13-8-5-3-7(12)4-6-8;/h3-6,13H,2,12H2,1H3;1H. The number of ether oxygens (including phenoxy) is 1. The summed E-state index contributed by atoms with van der Waals surface area (Å²) in [5, 5.41) is 7.37. The third-order valence-corrected chi connectivity index (χ3v) is 2.77. The van der Waals surface area contributed by atoms with E-state index in [2.05, 4.69) is 14.9 Å². The van der Waals surface area contributed by atoms with Crippen LogP contribution in [0.25, 0.3) is 0 Å². The molecule has 0 radical (unpaired) electrons. The van der Waals surface area contributed by atoms with Crippen LogP contribution in [0.1, 0.15) is 17.4 Å². The first kappa shape index (κ1) is 15.2. The van der Waals surface area contributed by atoms with Crippen LogP contribution in [0.2, 0.25) is 0 Å². The number of benzene rings is 1. The third-order valence-electron chi connectivity index (χ3n) is 2.13. The van der Waals surface area contributed by atoms with Gasteiger partial charge in [-0.3, -0.25) is 0 Å². The van der Waals surface area contributed by atoms with Crippen molar-refractivity contribution >= 4 is 46.3 Å². The van der Waals surface area contributed by atoms with Crippen LogP contribution in [-0.2, 0) is 4.74 Å². The lowest BCUT2D eigenvalue weighted by atomic mass is 10.3. The zero-order valence-corrected chi connectivity index (χ0v) is 11.8. The van der Waals surface area contributed by atoms with Crippen LogP contribution < -0.4 is 11.1 Å². The number of nitrogens with zero attached hydrogens (tertiary/aromatic N) is 2. The molecule has 2 aromatic rings. The highest BCUT2D eigenvalue weighted by atomic mass is 35.5. The summed E-state index contributed by atoms with van der Waals surface area (Å²) in [7, 11) is 0. The van der Waals surface area contributed by atoms with Gasteiger partial charge in [0.2, 0.25) is 5.69 Å². The van der Waals surface area contributed by atoms with Gasteiger partial charge in [0.15, 0.2) is 0 Å². The summed E-state index contributed by atoms with van der Waals surface area (Å²) < 4.78 is 8.63. The van der Waals surface area contributed by atoms with Gasteiger partial charge in [-0.05, 0) is 31.2 Å². The van der Waals surface area contributed by atoms with Crippen molar-refractivity contribution < 1.29 is 9.53 Å². The molecule has 0 amide bonds. The molecular weight excluding hydrogens is 288 g/mol. The second-order valence-corrected chi connectivity index (χ2v) is 4.17. The number of esters is 1. The number of nitrogens with one attached hydrogen (secondary N) is 1. The van der Waals surface area contributed by atoms with Crippen molar-refractivity contribution in [2.24, 2.45) is 0 Å². The Kier molecular flexibility index (Phi) is 5.53. The average molecular weight is 301 g/mol. The molecule has 6 nitrogen and oxygen atoms in total. The number of anilines is 3. The molecule has 0 aliphatic heterocycles. The summed E-state index contributed by atoms with van der Waals surface area (Å²) in [6.45, 7) is 2.04. The molecule has 8 heteroatoms. The molecule has 1 aromatic heterocycles. The van der Waals surface area contributed by atoms with Crippen molar-refractivity contribution in [2.75, 3.05) is 17.7 Å². The monoisotopic (exact) mass is 300 g/mol. The largest absolute Gasteiger partial charge is 0.461 e. The van der Waals surface area contributed by atoms with Crippen LogP contribution in [0, 0.1) is 0 Å². The van der Waals surface area contributed by atoms with Crippen molar-refractivity contribution in [1.82, 2.24) is 9.59 Å². The Morgan fingerprint density at radius 2 is 2.11 bits per heavy atom. The van der Waals surface area contributed by atoms with E-state index in [0.29, 0.717) is 17.3 Å². The summed E-state index contributed by atoms with van der Waals surface area (Å²) in [6.07, 6.45) is 0. The maximum atomic E-state index is 11.6. The molecule has 102 valence electrons. The Morgan fingerprint density at radius 3 is 2.74 bits per heavy atom. The number of halogens is 1. The lowest BCUT2D eigenvalue weighted by Crippen LogP contribution is -2.07. The van der Waals surface area contributed by atoms with Crippen LogP contribution in [0.4, 0.5) is 16.4 Å². The number of hydrogen-bond donors (Lipinski definition) is 2. The van der Waals surface area contributed by atoms with E-state index in [1.165, 1.54) is 0 Å². The maximum Gasteiger partial charge on any atom is 0.362 e. The first-order chi connectivity index (χ1) is 8.70. The van der Waals surface area contributed by atoms with Crippen molar-refractivity contribution in [3.8, 4) is 0 Å². The second kappa shape index (κ2) is 6.91. The van der Waals surface area contributed by atoms with Gasteiger partial charge in [0.25, 0.3) is 0 Å². The minimum atomic E-state index is -0.482. The summed E-state index contributed by atoms with van der Waals surface area (Å²) >= 11 is 1.10. The molecule has 0 saturated heterocycles. The molecule has 3 N–H and O–H groups in total. The SMILES string of the molecule is CCOC(=O)c1nnsc1Nc1ccc(N)cc1.Cl. The van der Waals surface area contributed by atoms with E-state index in [9.17, 15) is 4.79 Å². The molecule has 0 spiro atoms. The smallest absolute Gasteiger partial charge is 0.362 e. The van der Waals surface area contributed by atoms with Gasteiger partial charge in [0.05, 0.1) is 6.61 Å².